The molecule has 0 radical (unpaired) electrons. The van der Waals surface area contributed by atoms with E-state index in [2.05, 4.69) is 0 Å². The van der Waals surface area contributed by atoms with Crippen molar-refractivity contribution in [2.75, 3.05) is 0 Å². The Morgan fingerprint density at radius 2 is 0.875 bits per heavy atom. The first-order valence-electron chi connectivity index (χ1n) is 9.48. The van der Waals surface area contributed by atoms with Crippen molar-refractivity contribution in [3.63, 3.8) is 0 Å². The quantitative estimate of drug-likeness (QED) is 0.395. The average Bonchev–Trinajstić information content (AvgIpc) is 2.73. The summed E-state index contributed by atoms with van der Waals surface area (Å²) in [6.07, 6.45) is 0. The molecule has 0 aliphatic rings. The van der Waals surface area contributed by atoms with Crippen LogP contribution in [0.2, 0.25) is 0 Å². The highest BCUT2D eigenvalue weighted by Crippen LogP contribution is 2.35. The van der Waals surface area contributed by atoms with E-state index in [9.17, 15) is 0 Å². The van der Waals surface area contributed by atoms with Crippen LogP contribution < -0.4 is 0 Å². The van der Waals surface area contributed by atoms with Crippen LogP contribution in [-0.4, -0.2) is 0 Å². The molecule has 4 aromatic carbocycles. The summed E-state index contributed by atoms with van der Waals surface area (Å²) in [5.74, 6) is 0. The Kier molecular flexibility index (Phi) is 3.12. The maximum absolute atomic E-state index is 8.95. The molecular weight excluding hydrogens is 288 g/mol. The van der Waals surface area contributed by atoms with Crippen molar-refractivity contribution in [3.8, 4) is 33.4 Å². The summed E-state index contributed by atoms with van der Waals surface area (Å²) in [7, 11) is 0. The van der Waals surface area contributed by atoms with Crippen LogP contribution in [0.5, 0.6) is 0 Å². The Labute approximate surface area is 147 Å². The summed E-state index contributed by atoms with van der Waals surface area (Å²) < 4.78 is 26.3. The fourth-order valence-electron chi connectivity index (χ4n) is 2.80. The van der Waals surface area contributed by atoms with Gasteiger partial charge in [0.05, 0.1) is 4.11 Å². The van der Waals surface area contributed by atoms with E-state index in [0.717, 1.165) is 16.7 Å². The van der Waals surface area contributed by atoms with Crippen LogP contribution in [0, 0.1) is 0 Å². The molecule has 0 saturated heterocycles. The predicted molar refractivity (Wildman–Crippen MR) is 103 cm³/mol. The highest BCUT2D eigenvalue weighted by molar-refractivity contribution is 5.87. The van der Waals surface area contributed by atoms with Crippen LogP contribution in [0.4, 0.5) is 0 Å². The smallest absolute Gasteiger partial charge is 0.0622 e. The highest BCUT2D eigenvalue weighted by atomic mass is 14.1. The third kappa shape index (κ3) is 2.87. The number of hydrogen-bond donors (Lipinski definition) is 0. The fraction of sp³-hybridized carbons (Fsp3) is 0. The lowest BCUT2D eigenvalue weighted by molar-refractivity contribution is 1.56. The molecule has 0 bridgehead atoms. The summed E-state index contributed by atoms with van der Waals surface area (Å²) in [5.41, 5.74) is 4.35. The van der Waals surface area contributed by atoms with Gasteiger partial charge in [-0.3, -0.25) is 0 Å². The molecule has 0 heterocycles. The first-order chi connectivity index (χ1) is 13.2. The first kappa shape index (κ1) is 11.4. The van der Waals surface area contributed by atoms with Gasteiger partial charge < -0.3 is 0 Å². The third-order valence-corrected chi connectivity index (χ3v) is 4.00. The van der Waals surface area contributed by atoms with E-state index >= 15 is 0 Å². The fourth-order valence-corrected chi connectivity index (χ4v) is 2.80. The molecule has 24 heavy (non-hydrogen) atoms. The largest absolute Gasteiger partial charge is 0.0636 e. The van der Waals surface area contributed by atoms with E-state index in [1.807, 2.05) is 91.0 Å². The predicted octanol–water partition coefficient (Wildman–Crippen LogP) is 6.69. The van der Waals surface area contributed by atoms with Gasteiger partial charge in [-0.2, -0.15) is 0 Å². The number of hydrogen-bond acceptors (Lipinski definition) is 0. The SMILES string of the molecule is [2H]c1c([2H])c(-c2ccccc2)c(-c2ccccc2)c([2H])c1-c1ccccc1. The zero-order chi connectivity index (χ0) is 18.8. The van der Waals surface area contributed by atoms with Crippen molar-refractivity contribution in [1.29, 1.82) is 0 Å². The Bertz CT molecular complexity index is 1070. The van der Waals surface area contributed by atoms with Gasteiger partial charge in [0.25, 0.3) is 0 Å². The summed E-state index contributed by atoms with van der Waals surface area (Å²) in [5, 5.41) is 0. The summed E-state index contributed by atoms with van der Waals surface area (Å²) in [6.45, 7) is 0. The van der Waals surface area contributed by atoms with E-state index in [4.69, 9.17) is 4.11 Å². The van der Waals surface area contributed by atoms with Gasteiger partial charge in [-0.05, 0) is 39.4 Å². The van der Waals surface area contributed by atoms with E-state index in [0.29, 0.717) is 16.7 Å². The molecule has 4 rings (SSSR count). The molecule has 0 spiro atoms. The number of benzene rings is 4. The average molecular weight is 309 g/mol. The molecular formula is C24H18. The molecule has 0 N–H and O–H groups in total. The Morgan fingerprint density at radius 3 is 1.42 bits per heavy atom. The maximum atomic E-state index is 8.95. The van der Waals surface area contributed by atoms with Crippen LogP contribution in [0.15, 0.2) is 109 Å². The van der Waals surface area contributed by atoms with Gasteiger partial charge in [0.15, 0.2) is 0 Å². The third-order valence-electron chi connectivity index (χ3n) is 4.00. The van der Waals surface area contributed by atoms with Crippen LogP contribution in [0.25, 0.3) is 33.4 Å². The monoisotopic (exact) mass is 309 g/mol. The molecule has 0 aliphatic heterocycles. The molecule has 0 aliphatic carbocycles. The second kappa shape index (κ2) is 6.55. The van der Waals surface area contributed by atoms with Gasteiger partial charge in [-0.1, -0.05) is 103 Å². The van der Waals surface area contributed by atoms with Crippen LogP contribution in [-0.2, 0) is 0 Å². The van der Waals surface area contributed by atoms with Crippen molar-refractivity contribution in [1.82, 2.24) is 0 Å². The summed E-state index contributed by atoms with van der Waals surface area (Å²) in [6, 6.07) is 29.3. The lowest BCUT2D eigenvalue weighted by atomic mass is 9.91. The standard InChI is InChI=1S/C24H18/c1-4-10-19(11-5-1)22-16-17-23(20-12-6-2-7-13-20)24(18-22)21-14-8-3-9-15-21/h1-18H/i16D,17D,18D. The minimum Gasteiger partial charge on any atom is -0.0622 e. The highest BCUT2D eigenvalue weighted by Gasteiger charge is 2.09. The summed E-state index contributed by atoms with van der Waals surface area (Å²) >= 11 is 0. The minimum atomic E-state index is 0.0877. The molecule has 0 heteroatoms. The molecule has 0 saturated carbocycles. The summed E-state index contributed by atoms with van der Waals surface area (Å²) in [4.78, 5) is 0. The second-order valence-electron chi connectivity index (χ2n) is 5.60. The lowest BCUT2D eigenvalue weighted by Crippen LogP contribution is -1.87. The van der Waals surface area contributed by atoms with Gasteiger partial charge in [-0.25, -0.2) is 0 Å². The maximum Gasteiger partial charge on any atom is 0.0636 e. The molecule has 4 aromatic rings. The Balaban J connectivity index is 2.12. The van der Waals surface area contributed by atoms with Crippen molar-refractivity contribution in [3.05, 3.63) is 109 Å². The van der Waals surface area contributed by atoms with Gasteiger partial charge in [-0.15, -0.1) is 0 Å². The Hall–Kier alpha value is -3.12. The topological polar surface area (TPSA) is 0 Å². The molecule has 0 atom stereocenters. The van der Waals surface area contributed by atoms with Crippen molar-refractivity contribution >= 4 is 0 Å². The molecule has 0 aromatic heterocycles. The zero-order valence-corrected chi connectivity index (χ0v) is 13.2. The van der Waals surface area contributed by atoms with Crippen LogP contribution in [0.1, 0.15) is 4.11 Å². The Morgan fingerprint density at radius 1 is 0.417 bits per heavy atom. The normalized spacial score (nSPS) is 12.2. The minimum absolute atomic E-state index is 0.0877. The van der Waals surface area contributed by atoms with Crippen molar-refractivity contribution < 1.29 is 4.11 Å². The van der Waals surface area contributed by atoms with Gasteiger partial charge in [0.1, 0.15) is 0 Å². The van der Waals surface area contributed by atoms with Gasteiger partial charge in [0.2, 0.25) is 0 Å². The molecule has 114 valence electrons. The van der Waals surface area contributed by atoms with Crippen molar-refractivity contribution in [2.45, 2.75) is 0 Å². The first-order valence-corrected chi connectivity index (χ1v) is 7.98. The van der Waals surface area contributed by atoms with Crippen LogP contribution >= 0.6 is 0 Å². The molecule has 0 unspecified atom stereocenters. The van der Waals surface area contributed by atoms with E-state index in [-0.39, 0.29) is 18.1 Å². The van der Waals surface area contributed by atoms with Crippen molar-refractivity contribution in [2.24, 2.45) is 0 Å². The second-order valence-corrected chi connectivity index (χ2v) is 5.60. The molecule has 0 amide bonds. The lowest BCUT2D eigenvalue weighted by Gasteiger charge is -2.13. The van der Waals surface area contributed by atoms with Gasteiger partial charge in [0, 0.05) is 0 Å². The van der Waals surface area contributed by atoms with Gasteiger partial charge >= 0.3 is 0 Å². The van der Waals surface area contributed by atoms with E-state index in [1.165, 1.54) is 0 Å². The molecule has 0 fully saturated rings. The zero-order valence-electron chi connectivity index (χ0n) is 16.2. The van der Waals surface area contributed by atoms with E-state index < -0.39 is 0 Å². The van der Waals surface area contributed by atoms with Crippen LogP contribution in [0.3, 0.4) is 0 Å². The molecule has 0 nitrogen and oxygen atoms in total. The van der Waals surface area contributed by atoms with E-state index in [1.54, 1.807) is 0 Å². The number of rotatable bonds is 3.